The predicted octanol–water partition coefficient (Wildman–Crippen LogP) is 2.10. The number of amides is 1. The third-order valence-corrected chi connectivity index (χ3v) is 2.67. The van der Waals surface area contributed by atoms with Gasteiger partial charge >= 0.3 is 0 Å². The largest absolute Gasteiger partial charge is 0.356 e. The van der Waals surface area contributed by atoms with Gasteiger partial charge in [0.1, 0.15) is 0 Å². The highest BCUT2D eigenvalue weighted by atomic mass is 32.1. The van der Waals surface area contributed by atoms with E-state index >= 15 is 0 Å². The van der Waals surface area contributed by atoms with Crippen molar-refractivity contribution in [3.8, 4) is 0 Å². The second-order valence-electron chi connectivity index (χ2n) is 3.03. The van der Waals surface area contributed by atoms with E-state index in [2.05, 4.69) is 5.32 Å². The van der Waals surface area contributed by atoms with Crippen LogP contribution in [0.25, 0.3) is 6.08 Å². The lowest BCUT2D eigenvalue weighted by molar-refractivity contribution is -0.118. The maximum Gasteiger partial charge on any atom is 0.216 e. The molecule has 0 aromatic carbocycles. The molecule has 1 aromatic heterocycles. The van der Waals surface area contributed by atoms with Gasteiger partial charge < -0.3 is 5.32 Å². The molecular formula is C11H13NO2S. The van der Waals surface area contributed by atoms with E-state index in [1.165, 1.54) is 18.3 Å². The molecule has 0 saturated heterocycles. The van der Waals surface area contributed by atoms with Gasteiger partial charge in [-0.1, -0.05) is 12.2 Å². The molecule has 1 N–H and O–H groups in total. The standard InChI is InChI=1S/C11H13NO2S/c1-9(14)12-6-3-2-4-10-5-7-15-11(10)8-13/h2,4-5,7-8H,3,6H2,1H3,(H,12,14). The Bertz CT molecular complexity index is 368. The maximum absolute atomic E-state index is 10.6. The number of rotatable bonds is 5. The Kier molecular flexibility index (Phi) is 4.77. The molecule has 1 rings (SSSR count). The van der Waals surface area contributed by atoms with Crippen molar-refractivity contribution < 1.29 is 9.59 Å². The molecule has 15 heavy (non-hydrogen) atoms. The molecule has 0 aliphatic heterocycles. The van der Waals surface area contributed by atoms with Gasteiger partial charge in [0.05, 0.1) is 4.88 Å². The van der Waals surface area contributed by atoms with Crippen LogP contribution in [0.5, 0.6) is 0 Å². The fraction of sp³-hybridized carbons (Fsp3) is 0.273. The first-order valence-corrected chi connectivity index (χ1v) is 5.55. The Morgan fingerprint density at radius 3 is 3.07 bits per heavy atom. The zero-order valence-electron chi connectivity index (χ0n) is 8.53. The Morgan fingerprint density at radius 1 is 1.60 bits per heavy atom. The highest BCUT2D eigenvalue weighted by Crippen LogP contribution is 2.15. The van der Waals surface area contributed by atoms with Gasteiger partial charge in [0.2, 0.25) is 5.91 Å². The summed E-state index contributed by atoms with van der Waals surface area (Å²) in [6.45, 7) is 2.12. The van der Waals surface area contributed by atoms with Crippen LogP contribution < -0.4 is 5.32 Å². The van der Waals surface area contributed by atoms with Crippen molar-refractivity contribution in [3.63, 3.8) is 0 Å². The van der Waals surface area contributed by atoms with Crippen molar-refractivity contribution >= 4 is 29.6 Å². The summed E-state index contributed by atoms with van der Waals surface area (Å²) in [4.78, 5) is 21.9. The smallest absolute Gasteiger partial charge is 0.216 e. The summed E-state index contributed by atoms with van der Waals surface area (Å²) in [5.74, 6) is -0.0208. The predicted molar refractivity (Wildman–Crippen MR) is 62.0 cm³/mol. The summed E-state index contributed by atoms with van der Waals surface area (Å²) < 4.78 is 0. The Balaban J connectivity index is 2.38. The number of nitrogens with one attached hydrogen (secondary N) is 1. The molecule has 0 spiro atoms. The lowest BCUT2D eigenvalue weighted by Crippen LogP contribution is -2.20. The van der Waals surface area contributed by atoms with Crippen LogP contribution in [0.15, 0.2) is 17.5 Å². The fourth-order valence-corrected chi connectivity index (χ4v) is 1.80. The minimum Gasteiger partial charge on any atom is -0.356 e. The van der Waals surface area contributed by atoms with Gasteiger partial charge in [-0.15, -0.1) is 11.3 Å². The molecule has 1 aromatic rings. The van der Waals surface area contributed by atoms with Crippen LogP contribution in [-0.2, 0) is 4.79 Å². The first-order chi connectivity index (χ1) is 7.24. The molecule has 80 valence electrons. The number of thiophene rings is 1. The van der Waals surface area contributed by atoms with Crippen molar-refractivity contribution in [2.45, 2.75) is 13.3 Å². The average molecular weight is 223 g/mol. The molecule has 0 radical (unpaired) electrons. The molecule has 1 amide bonds. The summed E-state index contributed by atoms with van der Waals surface area (Å²) >= 11 is 1.43. The van der Waals surface area contributed by atoms with Gasteiger partial charge in [-0.2, -0.15) is 0 Å². The minimum absolute atomic E-state index is 0.0208. The molecule has 0 atom stereocenters. The van der Waals surface area contributed by atoms with Crippen LogP contribution in [0.1, 0.15) is 28.6 Å². The molecule has 1 heterocycles. The monoisotopic (exact) mass is 223 g/mol. The highest BCUT2D eigenvalue weighted by molar-refractivity contribution is 7.11. The summed E-state index contributed by atoms with van der Waals surface area (Å²) in [5.41, 5.74) is 0.942. The first kappa shape index (κ1) is 11.7. The average Bonchev–Trinajstić information content (AvgIpc) is 2.64. The van der Waals surface area contributed by atoms with E-state index in [4.69, 9.17) is 0 Å². The van der Waals surface area contributed by atoms with Gasteiger partial charge in [0, 0.05) is 13.5 Å². The van der Waals surface area contributed by atoms with Gasteiger partial charge in [-0.3, -0.25) is 9.59 Å². The van der Waals surface area contributed by atoms with E-state index in [1.54, 1.807) is 0 Å². The lowest BCUT2D eigenvalue weighted by atomic mass is 10.2. The van der Waals surface area contributed by atoms with Gasteiger partial charge in [0.25, 0.3) is 0 Å². The number of hydrogen-bond donors (Lipinski definition) is 1. The third kappa shape index (κ3) is 4.08. The Hall–Kier alpha value is -1.42. The summed E-state index contributed by atoms with van der Waals surface area (Å²) in [6.07, 6.45) is 5.49. The van der Waals surface area contributed by atoms with E-state index < -0.39 is 0 Å². The number of aldehydes is 1. The van der Waals surface area contributed by atoms with E-state index in [-0.39, 0.29) is 5.91 Å². The molecule has 0 aliphatic rings. The van der Waals surface area contributed by atoms with Crippen molar-refractivity contribution in [2.75, 3.05) is 6.54 Å². The van der Waals surface area contributed by atoms with E-state index in [9.17, 15) is 9.59 Å². The number of carbonyl (C=O) groups is 2. The maximum atomic E-state index is 10.6. The second-order valence-corrected chi connectivity index (χ2v) is 3.98. The van der Waals surface area contributed by atoms with Crippen LogP contribution in [-0.4, -0.2) is 18.7 Å². The van der Waals surface area contributed by atoms with E-state index in [1.807, 2.05) is 23.6 Å². The van der Waals surface area contributed by atoms with Crippen LogP contribution in [0.4, 0.5) is 0 Å². The molecule has 4 heteroatoms. The van der Waals surface area contributed by atoms with Crippen molar-refractivity contribution in [1.82, 2.24) is 5.32 Å². The number of carbonyl (C=O) groups excluding carboxylic acids is 2. The number of hydrogen-bond acceptors (Lipinski definition) is 3. The zero-order valence-corrected chi connectivity index (χ0v) is 9.34. The van der Waals surface area contributed by atoms with Crippen molar-refractivity contribution in [3.05, 3.63) is 28.0 Å². The van der Waals surface area contributed by atoms with Crippen LogP contribution in [0.3, 0.4) is 0 Å². The summed E-state index contributed by atoms with van der Waals surface area (Å²) in [7, 11) is 0. The van der Waals surface area contributed by atoms with Crippen LogP contribution in [0.2, 0.25) is 0 Å². The molecular weight excluding hydrogens is 210 g/mol. The summed E-state index contributed by atoms with van der Waals surface area (Å²) in [6, 6.07) is 1.91. The van der Waals surface area contributed by atoms with E-state index in [0.717, 1.165) is 23.1 Å². The summed E-state index contributed by atoms with van der Waals surface area (Å²) in [5, 5.41) is 4.58. The molecule has 0 fully saturated rings. The van der Waals surface area contributed by atoms with Crippen LogP contribution >= 0.6 is 11.3 Å². The molecule has 0 bridgehead atoms. The normalized spacial score (nSPS) is 10.5. The van der Waals surface area contributed by atoms with Crippen molar-refractivity contribution in [2.24, 2.45) is 0 Å². The Morgan fingerprint density at radius 2 is 2.40 bits per heavy atom. The fourth-order valence-electron chi connectivity index (χ4n) is 1.11. The molecule has 3 nitrogen and oxygen atoms in total. The third-order valence-electron chi connectivity index (χ3n) is 1.82. The highest BCUT2D eigenvalue weighted by Gasteiger charge is 1.97. The lowest BCUT2D eigenvalue weighted by Gasteiger charge is -1.96. The minimum atomic E-state index is -0.0208. The van der Waals surface area contributed by atoms with Gasteiger partial charge in [-0.05, 0) is 23.4 Å². The molecule has 0 saturated carbocycles. The second kappa shape index (κ2) is 6.14. The Labute approximate surface area is 92.8 Å². The quantitative estimate of drug-likeness (QED) is 0.613. The van der Waals surface area contributed by atoms with Gasteiger partial charge in [-0.25, -0.2) is 0 Å². The van der Waals surface area contributed by atoms with Crippen LogP contribution in [0, 0.1) is 0 Å². The zero-order chi connectivity index (χ0) is 11.1. The van der Waals surface area contributed by atoms with E-state index in [0.29, 0.717) is 6.54 Å². The SMILES string of the molecule is CC(=O)NCCC=Cc1ccsc1C=O. The molecule has 0 aliphatic carbocycles. The molecule has 0 unspecified atom stereocenters. The van der Waals surface area contributed by atoms with Crippen molar-refractivity contribution in [1.29, 1.82) is 0 Å². The topological polar surface area (TPSA) is 46.2 Å². The first-order valence-electron chi connectivity index (χ1n) is 4.67. The van der Waals surface area contributed by atoms with Gasteiger partial charge in [0.15, 0.2) is 6.29 Å².